The largest absolute Gasteiger partial charge is 0.472 e. The zero-order valence-electron chi connectivity index (χ0n) is 8.27. The summed E-state index contributed by atoms with van der Waals surface area (Å²) in [5, 5.41) is 9.85. The van der Waals surface area contributed by atoms with Crippen molar-refractivity contribution in [1.29, 1.82) is 0 Å². The van der Waals surface area contributed by atoms with Gasteiger partial charge < -0.3 is 9.52 Å². The lowest BCUT2D eigenvalue weighted by molar-refractivity contribution is 0.214. The molecule has 3 heteroatoms. The lowest BCUT2D eigenvalue weighted by Gasteiger charge is -2.10. The van der Waals surface area contributed by atoms with Gasteiger partial charge in [0.2, 0.25) is 0 Å². The highest BCUT2D eigenvalue weighted by atomic mass is 19.1. The molecule has 0 aliphatic rings. The van der Waals surface area contributed by atoms with E-state index >= 15 is 0 Å². The van der Waals surface area contributed by atoms with Gasteiger partial charge in [-0.25, -0.2) is 4.39 Å². The van der Waals surface area contributed by atoms with Crippen molar-refractivity contribution in [2.75, 3.05) is 0 Å². The second-order valence-electron chi connectivity index (χ2n) is 3.48. The van der Waals surface area contributed by atoms with Gasteiger partial charge in [0.25, 0.3) is 0 Å². The fraction of sp³-hybridized carbons (Fsp3) is 0.167. The summed E-state index contributed by atoms with van der Waals surface area (Å²) < 4.78 is 18.3. The van der Waals surface area contributed by atoms with Crippen LogP contribution in [0, 0.1) is 12.7 Å². The van der Waals surface area contributed by atoms with Crippen LogP contribution in [0.4, 0.5) is 4.39 Å². The predicted octanol–water partition coefficient (Wildman–Crippen LogP) is 2.81. The molecule has 1 aromatic carbocycles. The average molecular weight is 206 g/mol. The summed E-state index contributed by atoms with van der Waals surface area (Å²) in [6, 6.07) is 6.37. The third-order valence-corrected chi connectivity index (χ3v) is 2.31. The molecule has 1 heterocycles. The van der Waals surface area contributed by atoms with Gasteiger partial charge >= 0.3 is 0 Å². The van der Waals surface area contributed by atoms with Crippen LogP contribution in [0.1, 0.15) is 22.8 Å². The number of aliphatic hydroxyl groups is 1. The monoisotopic (exact) mass is 206 g/mol. The number of aryl methyl sites for hydroxylation is 1. The van der Waals surface area contributed by atoms with Crippen molar-refractivity contribution in [3.8, 4) is 0 Å². The molecular weight excluding hydrogens is 195 g/mol. The lowest BCUT2D eigenvalue weighted by Crippen LogP contribution is -2.01. The van der Waals surface area contributed by atoms with Gasteiger partial charge in [-0.15, -0.1) is 0 Å². The molecular formula is C12H11FO2. The molecule has 1 N–H and O–H groups in total. The zero-order chi connectivity index (χ0) is 10.8. The van der Waals surface area contributed by atoms with Gasteiger partial charge in [0.15, 0.2) is 0 Å². The van der Waals surface area contributed by atoms with E-state index in [-0.39, 0.29) is 5.56 Å². The molecule has 0 aliphatic carbocycles. The van der Waals surface area contributed by atoms with Crippen LogP contribution in [0.2, 0.25) is 0 Å². The number of furan rings is 1. The number of hydrogen-bond donors (Lipinski definition) is 1. The molecule has 1 atom stereocenters. The lowest BCUT2D eigenvalue weighted by atomic mass is 10.0. The second kappa shape index (κ2) is 3.87. The molecule has 1 aromatic heterocycles. The molecule has 0 fully saturated rings. The van der Waals surface area contributed by atoms with Crippen molar-refractivity contribution in [3.63, 3.8) is 0 Å². The molecule has 0 aliphatic heterocycles. The summed E-state index contributed by atoms with van der Waals surface area (Å²) in [4.78, 5) is 0. The molecule has 0 amide bonds. The fourth-order valence-electron chi connectivity index (χ4n) is 1.46. The third-order valence-electron chi connectivity index (χ3n) is 2.31. The van der Waals surface area contributed by atoms with Crippen LogP contribution in [0.15, 0.2) is 41.2 Å². The summed E-state index contributed by atoms with van der Waals surface area (Å²) in [5.41, 5.74) is 1.65. The van der Waals surface area contributed by atoms with E-state index in [1.807, 2.05) is 0 Å². The first-order valence-corrected chi connectivity index (χ1v) is 4.64. The van der Waals surface area contributed by atoms with Gasteiger partial charge in [-0.05, 0) is 24.6 Å². The van der Waals surface area contributed by atoms with E-state index in [2.05, 4.69) is 0 Å². The molecule has 0 radical (unpaired) electrons. The van der Waals surface area contributed by atoms with Crippen LogP contribution >= 0.6 is 0 Å². The van der Waals surface area contributed by atoms with E-state index in [4.69, 9.17) is 4.42 Å². The van der Waals surface area contributed by atoms with Crippen LogP contribution in [-0.2, 0) is 0 Å². The molecule has 2 aromatic rings. The summed E-state index contributed by atoms with van der Waals surface area (Å²) in [6.45, 7) is 1.80. The SMILES string of the molecule is Cc1ccc(C(O)c2ccoc2)c(F)c1. The van der Waals surface area contributed by atoms with E-state index < -0.39 is 11.9 Å². The first kappa shape index (κ1) is 9.93. The minimum Gasteiger partial charge on any atom is -0.472 e. The fourth-order valence-corrected chi connectivity index (χ4v) is 1.46. The molecule has 0 saturated heterocycles. The number of benzene rings is 1. The van der Waals surface area contributed by atoms with Gasteiger partial charge in [-0.3, -0.25) is 0 Å². The van der Waals surface area contributed by atoms with E-state index in [0.29, 0.717) is 5.56 Å². The standard InChI is InChI=1S/C12H11FO2/c1-8-2-3-10(11(13)6-8)12(14)9-4-5-15-7-9/h2-7,12,14H,1H3. The summed E-state index contributed by atoms with van der Waals surface area (Å²) in [5.74, 6) is -0.399. The average Bonchev–Trinajstić information content (AvgIpc) is 2.69. The molecule has 78 valence electrons. The van der Waals surface area contributed by atoms with Gasteiger partial charge in [0, 0.05) is 11.1 Å². The van der Waals surface area contributed by atoms with Crippen LogP contribution < -0.4 is 0 Å². The van der Waals surface area contributed by atoms with Crippen molar-refractivity contribution >= 4 is 0 Å². The highest BCUT2D eigenvalue weighted by Crippen LogP contribution is 2.24. The van der Waals surface area contributed by atoms with Gasteiger partial charge in [0.1, 0.15) is 11.9 Å². The summed E-state index contributed by atoms with van der Waals surface area (Å²) >= 11 is 0. The van der Waals surface area contributed by atoms with Crippen LogP contribution in [0.5, 0.6) is 0 Å². The van der Waals surface area contributed by atoms with Gasteiger partial charge in [0.05, 0.1) is 12.5 Å². The Morgan fingerprint density at radius 3 is 2.73 bits per heavy atom. The highest BCUT2D eigenvalue weighted by Gasteiger charge is 2.15. The topological polar surface area (TPSA) is 33.4 Å². The normalized spacial score (nSPS) is 12.7. The minimum atomic E-state index is -0.968. The first-order chi connectivity index (χ1) is 7.18. The Labute approximate surface area is 87.0 Å². The smallest absolute Gasteiger partial charge is 0.129 e. The van der Waals surface area contributed by atoms with Crippen molar-refractivity contribution in [2.45, 2.75) is 13.0 Å². The summed E-state index contributed by atoms with van der Waals surface area (Å²) in [7, 11) is 0. The molecule has 2 nitrogen and oxygen atoms in total. The van der Waals surface area contributed by atoms with Crippen LogP contribution in [-0.4, -0.2) is 5.11 Å². The number of rotatable bonds is 2. The van der Waals surface area contributed by atoms with Crippen molar-refractivity contribution < 1.29 is 13.9 Å². The molecule has 0 bridgehead atoms. The number of halogens is 1. The molecule has 0 spiro atoms. The molecule has 2 rings (SSSR count). The quantitative estimate of drug-likeness (QED) is 0.819. The molecule has 1 unspecified atom stereocenters. The Hall–Kier alpha value is -1.61. The van der Waals surface area contributed by atoms with E-state index in [9.17, 15) is 9.50 Å². The Kier molecular flexibility index (Phi) is 2.56. The maximum Gasteiger partial charge on any atom is 0.129 e. The maximum absolute atomic E-state index is 13.5. The summed E-state index contributed by atoms with van der Waals surface area (Å²) in [6.07, 6.45) is 1.89. The van der Waals surface area contributed by atoms with Crippen LogP contribution in [0.25, 0.3) is 0 Å². The van der Waals surface area contributed by atoms with Gasteiger partial charge in [-0.1, -0.05) is 12.1 Å². The Bertz CT molecular complexity index is 449. The van der Waals surface area contributed by atoms with E-state index in [0.717, 1.165) is 5.56 Å². The second-order valence-corrected chi connectivity index (χ2v) is 3.48. The number of aliphatic hydroxyl groups excluding tert-OH is 1. The molecule has 0 saturated carbocycles. The van der Waals surface area contributed by atoms with Crippen molar-refractivity contribution in [3.05, 3.63) is 59.3 Å². The van der Waals surface area contributed by atoms with Crippen LogP contribution in [0.3, 0.4) is 0 Å². The van der Waals surface area contributed by atoms with Crippen molar-refractivity contribution in [1.82, 2.24) is 0 Å². The highest BCUT2D eigenvalue weighted by molar-refractivity contribution is 5.31. The Morgan fingerprint density at radius 2 is 2.13 bits per heavy atom. The molecule has 15 heavy (non-hydrogen) atoms. The zero-order valence-corrected chi connectivity index (χ0v) is 8.27. The first-order valence-electron chi connectivity index (χ1n) is 4.64. The predicted molar refractivity (Wildman–Crippen MR) is 53.9 cm³/mol. The van der Waals surface area contributed by atoms with E-state index in [1.165, 1.54) is 18.6 Å². The van der Waals surface area contributed by atoms with Crippen molar-refractivity contribution in [2.24, 2.45) is 0 Å². The van der Waals surface area contributed by atoms with E-state index in [1.54, 1.807) is 25.1 Å². The third kappa shape index (κ3) is 1.92. The maximum atomic E-state index is 13.5. The minimum absolute atomic E-state index is 0.266. The Morgan fingerprint density at radius 1 is 1.33 bits per heavy atom. The Balaban J connectivity index is 2.38. The number of hydrogen-bond acceptors (Lipinski definition) is 2. The van der Waals surface area contributed by atoms with Gasteiger partial charge in [-0.2, -0.15) is 0 Å².